The number of carbonyl (C=O) groups excluding carboxylic acids is 3. The summed E-state index contributed by atoms with van der Waals surface area (Å²) in [5.74, 6) is -2.18. The fourth-order valence-corrected chi connectivity index (χ4v) is 5.83. The van der Waals surface area contributed by atoms with Crippen LogP contribution >= 0.6 is 12.4 Å². The van der Waals surface area contributed by atoms with Crippen molar-refractivity contribution in [3.05, 3.63) is 51.8 Å². The molecule has 1 aromatic heterocycles. The van der Waals surface area contributed by atoms with E-state index in [0.29, 0.717) is 31.4 Å². The normalized spacial score (nSPS) is 19.9. The van der Waals surface area contributed by atoms with E-state index in [-0.39, 0.29) is 48.0 Å². The van der Waals surface area contributed by atoms with E-state index in [9.17, 15) is 19.2 Å². The molecule has 0 spiro atoms. The highest BCUT2D eigenvalue weighted by Crippen LogP contribution is 2.26. The molecule has 232 valence electrons. The van der Waals surface area contributed by atoms with Crippen LogP contribution in [0.3, 0.4) is 0 Å². The molecule has 2 amide bonds. The number of carbonyl (C=O) groups is 3. The molecule has 4 rings (SSSR count). The van der Waals surface area contributed by atoms with Crippen molar-refractivity contribution in [3.63, 3.8) is 0 Å². The molecule has 0 radical (unpaired) electrons. The molecule has 1 saturated carbocycles. The highest BCUT2D eigenvalue weighted by atomic mass is 35.5. The smallest absolute Gasteiger partial charge is 0.384 e. The second kappa shape index (κ2) is 15.5. The molecule has 10 nitrogen and oxygen atoms in total. The van der Waals surface area contributed by atoms with Crippen molar-refractivity contribution in [1.29, 1.82) is 0 Å². The minimum absolute atomic E-state index is 0. The summed E-state index contributed by atoms with van der Waals surface area (Å²) in [4.78, 5) is 54.7. The third-order valence-corrected chi connectivity index (χ3v) is 7.94. The Balaban J connectivity index is 0.00000484. The van der Waals surface area contributed by atoms with Crippen LogP contribution in [0.1, 0.15) is 99.2 Å². The average molecular weight is 604 g/mol. The maximum Gasteiger partial charge on any atom is 0.437 e. The lowest BCUT2D eigenvalue weighted by Crippen LogP contribution is -2.52. The van der Waals surface area contributed by atoms with E-state index >= 15 is 0 Å². The van der Waals surface area contributed by atoms with Crippen LogP contribution in [-0.4, -0.2) is 57.5 Å². The van der Waals surface area contributed by atoms with Gasteiger partial charge < -0.3 is 15.1 Å². The van der Waals surface area contributed by atoms with Crippen LogP contribution in [0, 0.1) is 17.8 Å². The molecule has 1 aromatic carbocycles. The van der Waals surface area contributed by atoms with Gasteiger partial charge >= 0.3 is 5.76 Å². The zero-order valence-electron chi connectivity index (χ0n) is 25.3. The second-order valence-electron chi connectivity index (χ2n) is 12.5. The summed E-state index contributed by atoms with van der Waals surface area (Å²) >= 11 is 0. The number of amides is 2. The second-order valence-corrected chi connectivity index (χ2v) is 12.5. The largest absolute Gasteiger partial charge is 0.437 e. The van der Waals surface area contributed by atoms with Gasteiger partial charge in [0.15, 0.2) is 0 Å². The number of hydrogen-bond acceptors (Lipinski definition) is 7. The molecule has 42 heavy (non-hydrogen) atoms. The Morgan fingerprint density at radius 3 is 2.29 bits per heavy atom. The van der Waals surface area contributed by atoms with Gasteiger partial charge in [0.25, 0.3) is 11.8 Å². The number of halogens is 1. The zero-order chi connectivity index (χ0) is 29.5. The van der Waals surface area contributed by atoms with Gasteiger partial charge in [0.1, 0.15) is 0 Å². The first-order valence-corrected chi connectivity index (χ1v) is 15.2. The van der Waals surface area contributed by atoms with E-state index < -0.39 is 23.5 Å². The van der Waals surface area contributed by atoms with Crippen LogP contribution in [0.5, 0.6) is 0 Å². The van der Waals surface area contributed by atoms with Crippen LogP contribution in [-0.2, 0) is 17.9 Å². The van der Waals surface area contributed by atoms with Gasteiger partial charge in [-0.2, -0.15) is 4.68 Å². The van der Waals surface area contributed by atoms with Crippen molar-refractivity contribution in [2.24, 2.45) is 17.8 Å². The molecule has 2 aliphatic rings. The molecule has 11 heteroatoms. The molecule has 0 unspecified atom stereocenters. The number of likely N-dealkylation sites (tertiary alicyclic amines) is 1. The molecular weight excluding hydrogens is 558 g/mol. The maximum atomic E-state index is 13.5. The van der Waals surface area contributed by atoms with E-state index in [1.54, 1.807) is 0 Å². The number of aromatic nitrogens is 2. The Labute approximate surface area is 254 Å². The van der Waals surface area contributed by atoms with Crippen LogP contribution < -0.4 is 16.4 Å². The predicted octanol–water partition coefficient (Wildman–Crippen LogP) is 4.21. The maximum absolute atomic E-state index is 13.5. The lowest BCUT2D eigenvalue weighted by atomic mass is 9.83. The van der Waals surface area contributed by atoms with E-state index in [4.69, 9.17) is 4.42 Å². The molecular formula is C31H46ClN5O5. The van der Waals surface area contributed by atoms with Crippen molar-refractivity contribution >= 4 is 30.0 Å². The van der Waals surface area contributed by atoms with Gasteiger partial charge in [-0.05, 0) is 74.7 Å². The van der Waals surface area contributed by atoms with Gasteiger partial charge in [-0.15, -0.1) is 17.5 Å². The van der Waals surface area contributed by atoms with Crippen LogP contribution in [0.4, 0.5) is 0 Å². The third-order valence-electron chi connectivity index (χ3n) is 7.94. The Hall–Kier alpha value is -2.98. The molecule has 0 bridgehead atoms. The Morgan fingerprint density at radius 2 is 1.64 bits per heavy atom. The van der Waals surface area contributed by atoms with Gasteiger partial charge in [0.2, 0.25) is 11.7 Å². The summed E-state index contributed by atoms with van der Waals surface area (Å²) in [6, 6.07) is 6.49. The molecule has 2 fully saturated rings. The fraction of sp³-hybridized carbons (Fsp3) is 0.645. The van der Waals surface area contributed by atoms with Gasteiger partial charge in [-0.1, -0.05) is 52.7 Å². The molecule has 3 atom stereocenters. The summed E-state index contributed by atoms with van der Waals surface area (Å²) in [6.45, 7) is 11.3. The molecule has 1 saturated heterocycles. The number of nitrogens with zero attached hydrogens (tertiary/aromatic N) is 3. The van der Waals surface area contributed by atoms with Gasteiger partial charge in [0, 0.05) is 18.2 Å². The van der Waals surface area contributed by atoms with Crippen molar-refractivity contribution in [1.82, 2.24) is 25.3 Å². The van der Waals surface area contributed by atoms with Crippen LogP contribution in [0.25, 0.3) is 0 Å². The first-order valence-electron chi connectivity index (χ1n) is 15.2. The predicted molar refractivity (Wildman–Crippen MR) is 163 cm³/mol. The average Bonchev–Trinajstić information content (AvgIpc) is 3.57. The summed E-state index contributed by atoms with van der Waals surface area (Å²) in [5.41, 5.74) is 1.75. The fourth-order valence-electron chi connectivity index (χ4n) is 5.83. The highest BCUT2D eigenvalue weighted by Gasteiger charge is 2.36. The van der Waals surface area contributed by atoms with E-state index in [1.807, 2.05) is 52.0 Å². The number of Topliss-reactive ketones (excluding diaryl/α,β-unsaturated/α-hetero) is 1. The van der Waals surface area contributed by atoms with E-state index in [2.05, 4.69) is 20.6 Å². The Kier molecular flexibility index (Phi) is 12.4. The van der Waals surface area contributed by atoms with Crippen molar-refractivity contribution in [3.8, 4) is 0 Å². The first-order chi connectivity index (χ1) is 19.6. The molecule has 1 aliphatic heterocycles. The summed E-state index contributed by atoms with van der Waals surface area (Å²) in [6.07, 6.45) is 5.94. The number of nitrogens with one attached hydrogen (secondary N) is 2. The number of ketones is 1. The van der Waals surface area contributed by atoms with Crippen molar-refractivity contribution in [2.45, 2.75) is 97.8 Å². The van der Waals surface area contributed by atoms with Crippen LogP contribution in [0.15, 0.2) is 33.5 Å². The molecule has 1 aliphatic carbocycles. The van der Waals surface area contributed by atoms with E-state index in [1.165, 1.54) is 18.4 Å². The summed E-state index contributed by atoms with van der Waals surface area (Å²) in [7, 11) is 0. The minimum atomic E-state index is -0.880. The lowest BCUT2D eigenvalue weighted by molar-refractivity contribution is -0.127. The van der Waals surface area contributed by atoms with Gasteiger partial charge in [-0.25, -0.2) is 4.79 Å². The number of rotatable bonds is 12. The van der Waals surface area contributed by atoms with Crippen molar-refractivity contribution < 1.29 is 18.8 Å². The lowest BCUT2D eigenvalue weighted by Gasteiger charge is -2.32. The SMILES string of the molecule is CC(C)C[C@H](NC(=O)[C@@H]1CCCC[C@@H]1NC(=O)c1ccc(CN2CCCC2)cc1)C(=O)c1nn(CC(C)C)c(=O)o1.Cl. The molecule has 2 heterocycles. The highest BCUT2D eigenvalue weighted by molar-refractivity contribution is 5.99. The number of hydrogen-bond donors (Lipinski definition) is 2. The molecule has 2 N–H and O–H groups in total. The molecule has 2 aromatic rings. The topological polar surface area (TPSA) is 127 Å². The van der Waals surface area contributed by atoms with Crippen molar-refractivity contribution in [2.75, 3.05) is 13.1 Å². The standard InChI is InChI=1S/C31H45N5O5.ClH/c1-20(2)17-26(27(37)30-34-36(18-21(3)4)31(40)41-30)33-29(39)24-9-5-6-10-25(24)32-28(38)23-13-11-22(12-14-23)19-35-15-7-8-16-35;/h11-14,20-21,24-26H,5-10,15-19H2,1-4H3,(H,32,38)(H,33,39);1H/t24-,25+,26+;/m1./s1. The monoisotopic (exact) mass is 603 g/mol. The van der Waals surface area contributed by atoms with Gasteiger partial charge in [-0.3, -0.25) is 19.3 Å². The minimum Gasteiger partial charge on any atom is -0.384 e. The summed E-state index contributed by atoms with van der Waals surface area (Å²) < 4.78 is 6.32. The number of benzene rings is 1. The van der Waals surface area contributed by atoms with Crippen LogP contribution in [0.2, 0.25) is 0 Å². The third kappa shape index (κ3) is 9.01. The Bertz CT molecular complexity index is 1250. The van der Waals surface area contributed by atoms with E-state index in [0.717, 1.165) is 37.2 Å². The first kappa shape index (κ1) is 33.5. The Morgan fingerprint density at radius 1 is 0.976 bits per heavy atom. The summed E-state index contributed by atoms with van der Waals surface area (Å²) in [5, 5.41) is 10.1. The van der Waals surface area contributed by atoms with Gasteiger partial charge in [0.05, 0.1) is 18.5 Å². The quantitative estimate of drug-likeness (QED) is 0.348. The zero-order valence-corrected chi connectivity index (χ0v) is 26.1.